The van der Waals surface area contributed by atoms with Crippen molar-refractivity contribution in [1.82, 2.24) is 19.5 Å². The lowest BCUT2D eigenvalue weighted by molar-refractivity contribution is -0.166. The van der Waals surface area contributed by atoms with Gasteiger partial charge in [-0.2, -0.15) is 9.97 Å². The summed E-state index contributed by atoms with van der Waals surface area (Å²) >= 11 is 0. The van der Waals surface area contributed by atoms with Gasteiger partial charge in [0.1, 0.15) is 12.7 Å². The van der Waals surface area contributed by atoms with Gasteiger partial charge in [-0.15, -0.1) is 6.42 Å². The van der Waals surface area contributed by atoms with Gasteiger partial charge in [-0.25, -0.2) is 4.98 Å². The maximum absolute atomic E-state index is 11.8. The molecule has 0 aliphatic carbocycles. The fourth-order valence-electron chi connectivity index (χ4n) is 3.22. The highest BCUT2D eigenvalue weighted by Crippen LogP contribution is 2.36. The molecule has 0 spiro atoms. The van der Waals surface area contributed by atoms with Gasteiger partial charge in [-0.1, -0.05) is 5.92 Å². The Balaban J connectivity index is 2.05. The van der Waals surface area contributed by atoms with Crippen LogP contribution in [0.15, 0.2) is 6.33 Å². The van der Waals surface area contributed by atoms with E-state index in [-0.39, 0.29) is 36.2 Å². The van der Waals surface area contributed by atoms with Gasteiger partial charge in [0.2, 0.25) is 11.8 Å². The van der Waals surface area contributed by atoms with Gasteiger partial charge in [-0.05, 0) is 0 Å². The molecule has 2 aromatic heterocycles. The molecule has 2 N–H and O–H groups in total. The lowest BCUT2D eigenvalue weighted by Gasteiger charge is -2.23. The number of hydrogen-bond donors (Lipinski definition) is 1. The Labute approximate surface area is 182 Å². The second-order valence-electron chi connectivity index (χ2n) is 6.72. The largest absolute Gasteiger partial charge is 0.463 e. The van der Waals surface area contributed by atoms with Crippen LogP contribution in [0.1, 0.15) is 27.0 Å². The van der Waals surface area contributed by atoms with E-state index in [9.17, 15) is 14.4 Å². The summed E-state index contributed by atoms with van der Waals surface area (Å²) in [5.41, 5.74) is 6.22. The molecule has 0 radical (unpaired) electrons. The summed E-state index contributed by atoms with van der Waals surface area (Å²) in [7, 11) is 0. The highest BCUT2D eigenvalue weighted by atomic mass is 16.7. The number of anilines is 1. The number of carbonyl (C=O) groups is 3. The molecule has 32 heavy (non-hydrogen) atoms. The molecule has 2 unspecified atom stereocenters. The number of carbonyl (C=O) groups excluding carboxylic acids is 3. The fourth-order valence-corrected chi connectivity index (χ4v) is 3.22. The van der Waals surface area contributed by atoms with E-state index in [4.69, 9.17) is 35.8 Å². The second kappa shape index (κ2) is 9.48. The first-order valence-electron chi connectivity index (χ1n) is 9.40. The number of rotatable bonds is 7. The van der Waals surface area contributed by atoms with Crippen molar-refractivity contribution < 1.29 is 38.1 Å². The van der Waals surface area contributed by atoms with Crippen molar-refractivity contribution in [1.29, 1.82) is 0 Å². The fraction of sp³-hybridized carbons (Fsp3) is 0.474. The molecule has 4 atom stereocenters. The average Bonchev–Trinajstić information content (AvgIpc) is 3.25. The van der Waals surface area contributed by atoms with E-state index < -0.39 is 42.4 Å². The van der Waals surface area contributed by atoms with E-state index in [1.807, 2.05) is 0 Å². The normalized spacial score (nSPS) is 22.2. The number of imidazole rings is 1. The number of fused-ring (bicyclic) bond motifs is 1. The molecular formula is C19H21N5O8. The monoisotopic (exact) mass is 447 g/mol. The summed E-state index contributed by atoms with van der Waals surface area (Å²) in [6, 6.07) is 0. The summed E-state index contributed by atoms with van der Waals surface area (Å²) < 4.78 is 28.5. The average molecular weight is 447 g/mol. The van der Waals surface area contributed by atoms with E-state index in [1.54, 1.807) is 0 Å². The van der Waals surface area contributed by atoms with Gasteiger partial charge in [-0.3, -0.25) is 19.0 Å². The van der Waals surface area contributed by atoms with Crippen LogP contribution in [-0.4, -0.2) is 69.0 Å². The van der Waals surface area contributed by atoms with Crippen LogP contribution in [0, 0.1) is 12.3 Å². The Morgan fingerprint density at radius 1 is 1.16 bits per heavy atom. The van der Waals surface area contributed by atoms with E-state index in [1.165, 1.54) is 31.7 Å². The first-order chi connectivity index (χ1) is 15.2. The number of esters is 3. The zero-order valence-corrected chi connectivity index (χ0v) is 17.5. The Bertz CT molecular complexity index is 1080. The number of nitrogen functional groups attached to an aromatic ring is 1. The van der Waals surface area contributed by atoms with Crippen molar-refractivity contribution in [3.63, 3.8) is 0 Å². The lowest BCUT2D eigenvalue weighted by Crippen LogP contribution is -2.40. The Hall–Kier alpha value is -3.92. The first-order valence-corrected chi connectivity index (χ1v) is 9.40. The third kappa shape index (κ3) is 4.86. The summed E-state index contributed by atoms with van der Waals surface area (Å²) in [6.45, 7) is 3.28. The standard InChI is InChI=1S/C19H21N5O8/c1-5-6-28-17-13-16(22-19(20)23-17)24(8-21-13)18-15(31-11(4)27)14(30-10(3)26)12(32-18)7-29-9(2)25/h1,8,12,14-15,18H,6-7H2,2-4H3,(H2,20,22,23)/t12-,14?,15?,18-/m1/s1. The van der Waals surface area contributed by atoms with Gasteiger partial charge in [0, 0.05) is 20.8 Å². The van der Waals surface area contributed by atoms with Crippen molar-refractivity contribution in [3.05, 3.63) is 6.33 Å². The van der Waals surface area contributed by atoms with Crippen LogP contribution >= 0.6 is 0 Å². The van der Waals surface area contributed by atoms with Crippen LogP contribution in [0.5, 0.6) is 5.88 Å². The van der Waals surface area contributed by atoms with Crippen molar-refractivity contribution >= 4 is 35.0 Å². The molecular weight excluding hydrogens is 426 g/mol. The van der Waals surface area contributed by atoms with Crippen molar-refractivity contribution in [2.24, 2.45) is 0 Å². The lowest BCUT2D eigenvalue weighted by atomic mass is 10.1. The molecule has 0 amide bonds. The maximum atomic E-state index is 11.8. The third-order valence-electron chi connectivity index (χ3n) is 4.31. The topological polar surface area (TPSA) is 167 Å². The minimum Gasteiger partial charge on any atom is -0.463 e. The van der Waals surface area contributed by atoms with E-state index in [2.05, 4.69) is 20.9 Å². The van der Waals surface area contributed by atoms with Crippen LogP contribution < -0.4 is 10.5 Å². The first kappa shape index (κ1) is 22.8. The summed E-state index contributed by atoms with van der Waals surface area (Å²) in [4.78, 5) is 47.2. The van der Waals surface area contributed by atoms with Gasteiger partial charge in [0.15, 0.2) is 36.2 Å². The quantitative estimate of drug-likeness (QED) is 0.336. The Kier molecular flexibility index (Phi) is 6.74. The highest BCUT2D eigenvalue weighted by molar-refractivity contribution is 5.77. The molecule has 0 saturated carbocycles. The zero-order chi connectivity index (χ0) is 23.4. The predicted molar refractivity (Wildman–Crippen MR) is 106 cm³/mol. The summed E-state index contributed by atoms with van der Waals surface area (Å²) in [5.74, 6) is 0.391. The summed E-state index contributed by atoms with van der Waals surface area (Å²) in [6.07, 6.45) is 2.40. The van der Waals surface area contributed by atoms with Crippen molar-refractivity contribution in [2.45, 2.75) is 45.3 Å². The molecule has 0 aromatic carbocycles. The molecule has 3 rings (SSSR count). The van der Waals surface area contributed by atoms with Crippen LogP contribution in [0.4, 0.5) is 5.95 Å². The smallest absolute Gasteiger partial charge is 0.303 e. The predicted octanol–water partition coefficient (Wildman–Crippen LogP) is -0.256. The molecule has 13 nitrogen and oxygen atoms in total. The minimum absolute atomic E-state index is 0.0548. The van der Waals surface area contributed by atoms with Crippen LogP contribution in [0.25, 0.3) is 11.2 Å². The van der Waals surface area contributed by atoms with E-state index in [0.717, 1.165) is 0 Å². The van der Waals surface area contributed by atoms with Gasteiger partial charge >= 0.3 is 17.9 Å². The van der Waals surface area contributed by atoms with Crippen molar-refractivity contribution in [2.75, 3.05) is 18.9 Å². The maximum Gasteiger partial charge on any atom is 0.303 e. The number of ether oxygens (including phenoxy) is 5. The Morgan fingerprint density at radius 3 is 2.47 bits per heavy atom. The second-order valence-corrected chi connectivity index (χ2v) is 6.72. The molecule has 1 aliphatic rings. The molecule has 13 heteroatoms. The third-order valence-corrected chi connectivity index (χ3v) is 4.31. The SMILES string of the molecule is C#CCOc1nc(N)nc2c1ncn2[C@@H]1O[C@H](COC(C)=O)C(OC(C)=O)C1OC(C)=O. The minimum atomic E-state index is -1.11. The van der Waals surface area contributed by atoms with Gasteiger partial charge in [0.25, 0.3) is 0 Å². The number of hydrogen-bond acceptors (Lipinski definition) is 12. The van der Waals surface area contributed by atoms with E-state index >= 15 is 0 Å². The molecule has 170 valence electrons. The van der Waals surface area contributed by atoms with Gasteiger partial charge < -0.3 is 29.4 Å². The molecule has 1 fully saturated rings. The molecule has 0 bridgehead atoms. The van der Waals surface area contributed by atoms with Crippen LogP contribution in [0.3, 0.4) is 0 Å². The number of nitrogens with zero attached hydrogens (tertiary/aromatic N) is 4. The molecule has 1 aliphatic heterocycles. The molecule has 3 heterocycles. The molecule has 1 saturated heterocycles. The number of nitrogens with two attached hydrogens (primary N) is 1. The van der Waals surface area contributed by atoms with E-state index in [0.29, 0.717) is 0 Å². The number of terminal acetylenes is 1. The molecule has 2 aromatic rings. The Morgan fingerprint density at radius 2 is 1.84 bits per heavy atom. The van der Waals surface area contributed by atoms with Crippen LogP contribution in [-0.2, 0) is 33.3 Å². The van der Waals surface area contributed by atoms with Crippen molar-refractivity contribution in [3.8, 4) is 18.2 Å². The van der Waals surface area contributed by atoms with Gasteiger partial charge in [0.05, 0.1) is 6.33 Å². The number of aromatic nitrogens is 4. The highest BCUT2D eigenvalue weighted by Gasteiger charge is 2.51. The van der Waals surface area contributed by atoms with Crippen LogP contribution in [0.2, 0.25) is 0 Å². The summed E-state index contributed by atoms with van der Waals surface area (Å²) in [5, 5.41) is 0. The zero-order valence-electron chi connectivity index (χ0n) is 17.5.